The summed E-state index contributed by atoms with van der Waals surface area (Å²) in [6.45, 7) is 3.61. The fraction of sp³-hybridized carbons (Fsp3) is 0.550. The SMILES string of the molecule is Cn1ccnc1CN1CCC2(CC1)CC(OCCO)c1ccccc12. The molecule has 1 spiro atoms. The van der Waals surface area contributed by atoms with Crippen molar-refractivity contribution < 1.29 is 9.84 Å². The van der Waals surface area contributed by atoms with Crippen molar-refractivity contribution in [1.29, 1.82) is 0 Å². The molecule has 1 aliphatic heterocycles. The zero-order chi connectivity index (χ0) is 17.3. The molecule has 5 heteroatoms. The highest BCUT2D eigenvalue weighted by Gasteiger charge is 2.45. The molecular weight excluding hydrogens is 314 g/mol. The molecule has 5 nitrogen and oxygen atoms in total. The number of aliphatic hydroxyl groups is 1. The van der Waals surface area contributed by atoms with E-state index in [1.165, 1.54) is 11.1 Å². The molecule has 4 rings (SSSR count). The predicted octanol–water partition coefficient (Wildman–Crippen LogP) is 2.41. The number of aryl methyl sites for hydroxylation is 1. The maximum Gasteiger partial charge on any atom is 0.122 e. The first kappa shape index (κ1) is 16.8. The Hall–Kier alpha value is -1.69. The van der Waals surface area contributed by atoms with Gasteiger partial charge in [0.25, 0.3) is 0 Å². The Labute approximate surface area is 149 Å². The lowest BCUT2D eigenvalue weighted by Crippen LogP contribution is -2.41. The number of imidazole rings is 1. The number of nitrogens with zero attached hydrogens (tertiary/aromatic N) is 3. The van der Waals surface area contributed by atoms with Crippen LogP contribution in [-0.2, 0) is 23.7 Å². The van der Waals surface area contributed by atoms with Crippen LogP contribution in [0, 0.1) is 0 Å². The number of piperidine rings is 1. The molecule has 1 aromatic heterocycles. The summed E-state index contributed by atoms with van der Waals surface area (Å²) in [6, 6.07) is 8.73. The van der Waals surface area contributed by atoms with Gasteiger partial charge in [-0.25, -0.2) is 4.98 Å². The van der Waals surface area contributed by atoms with Crippen LogP contribution in [0.1, 0.15) is 42.3 Å². The van der Waals surface area contributed by atoms with Gasteiger partial charge in [0, 0.05) is 24.9 Å². The van der Waals surface area contributed by atoms with Crippen LogP contribution in [-0.4, -0.2) is 45.9 Å². The minimum absolute atomic E-state index is 0.0864. The summed E-state index contributed by atoms with van der Waals surface area (Å²) in [5, 5.41) is 9.12. The third-order valence-corrected chi connectivity index (χ3v) is 5.96. The lowest BCUT2D eigenvalue weighted by molar-refractivity contribution is 0.0127. The first-order valence-corrected chi connectivity index (χ1v) is 9.22. The third-order valence-electron chi connectivity index (χ3n) is 5.96. The maximum absolute atomic E-state index is 9.12. The van der Waals surface area contributed by atoms with E-state index in [1.54, 1.807) is 0 Å². The molecule has 2 aromatic rings. The molecule has 1 atom stereocenters. The van der Waals surface area contributed by atoms with Crippen LogP contribution in [0.3, 0.4) is 0 Å². The van der Waals surface area contributed by atoms with Crippen LogP contribution in [0.5, 0.6) is 0 Å². The quantitative estimate of drug-likeness (QED) is 0.907. The Morgan fingerprint density at radius 2 is 2.08 bits per heavy atom. The predicted molar refractivity (Wildman–Crippen MR) is 96.2 cm³/mol. The van der Waals surface area contributed by atoms with E-state index >= 15 is 0 Å². The third kappa shape index (κ3) is 3.12. The summed E-state index contributed by atoms with van der Waals surface area (Å²) in [6.07, 6.45) is 7.38. The normalized spacial score (nSPS) is 22.4. The fourth-order valence-corrected chi connectivity index (χ4v) is 4.54. The Morgan fingerprint density at radius 1 is 1.28 bits per heavy atom. The lowest BCUT2D eigenvalue weighted by atomic mass is 9.74. The van der Waals surface area contributed by atoms with Crippen molar-refractivity contribution in [3.63, 3.8) is 0 Å². The Balaban J connectivity index is 1.47. The molecule has 1 N–H and O–H groups in total. The van der Waals surface area contributed by atoms with Crippen molar-refractivity contribution in [1.82, 2.24) is 14.5 Å². The molecule has 1 aromatic carbocycles. The number of ether oxygens (including phenoxy) is 1. The van der Waals surface area contributed by atoms with E-state index in [0.717, 1.165) is 44.7 Å². The summed E-state index contributed by atoms with van der Waals surface area (Å²) in [7, 11) is 2.06. The van der Waals surface area contributed by atoms with Gasteiger partial charge in [0.1, 0.15) is 5.82 Å². The fourth-order valence-electron chi connectivity index (χ4n) is 4.54. The molecule has 2 heterocycles. The van der Waals surface area contributed by atoms with Crippen LogP contribution in [0.25, 0.3) is 0 Å². The smallest absolute Gasteiger partial charge is 0.122 e. The van der Waals surface area contributed by atoms with E-state index in [4.69, 9.17) is 9.84 Å². The van der Waals surface area contributed by atoms with E-state index in [0.29, 0.717) is 6.61 Å². The molecule has 1 unspecified atom stereocenters. The van der Waals surface area contributed by atoms with Crippen LogP contribution < -0.4 is 0 Å². The standard InChI is InChI=1S/C20H27N3O2/c1-22-11-8-21-19(22)15-23-9-6-20(7-10-23)14-18(25-13-12-24)16-4-2-3-5-17(16)20/h2-5,8,11,18,24H,6-7,9-10,12-15H2,1H3. The van der Waals surface area contributed by atoms with Crippen LogP contribution in [0.15, 0.2) is 36.7 Å². The van der Waals surface area contributed by atoms with E-state index in [1.807, 2.05) is 12.4 Å². The average molecular weight is 341 g/mol. The number of rotatable bonds is 5. The first-order chi connectivity index (χ1) is 12.2. The summed E-state index contributed by atoms with van der Waals surface area (Å²) < 4.78 is 8.06. The minimum Gasteiger partial charge on any atom is -0.394 e. The molecule has 2 aliphatic rings. The molecule has 1 saturated heterocycles. The highest BCUT2D eigenvalue weighted by Crippen LogP contribution is 2.51. The highest BCUT2D eigenvalue weighted by atomic mass is 16.5. The molecule has 0 radical (unpaired) electrons. The molecule has 0 saturated carbocycles. The molecule has 1 aliphatic carbocycles. The molecule has 0 bridgehead atoms. The monoisotopic (exact) mass is 341 g/mol. The number of aromatic nitrogens is 2. The van der Waals surface area contributed by atoms with Crippen LogP contribution >= 0.6 is 0 Å². The van der Waals surface area contributed by atoms with Gasteiger partial charge >= 0.3 is 0 Å². The molecule has 1 fully saturated rings. The molecule has 134 valence electrons. The molecular formula is C20H27N3O2. The van der Waals surface area contributed by atoms with E-state index in [-0.39, 0.29) is 18.1 Å². The van der Waals surface area contributed by atoms with Crippen molar-refractivity contribution in [2.45, 2.75) is 37.3 Å². The van der Waals surface area contributed by atoms with Gasteiger partial charge in [-0.2, -0.15) is 0 Å². The topological polar surface area (TPSA) is 50.5 Å². The second kappa shape index (κ2) is 6.90. The second-order valence-corrected chi connectivity index (χ2v) is 7.39. The van der Waals surface area contributed by atoms with Gasteiger partial charge in [-0.3, -0.25) is 4.90 Å². The lowest BCUT2D eigenvalue weighted by Gasteiger charge is -2.40. The van der Waals surface area contributed by atoms with Crippen molar-refractivity contribution in [2.24, 2.45) is 7.05 Å². The van der Waals surface area contributed by atoms with Crippen molar-refractivity contribution in [3.05, 3.63) is 53.6 Å². The van der Waals surface area contributed by atoms with Crippen molar-refractivity contribution >= 4 is 0 Å². The number of fused-ring (bicyclic) bond motifs is 2. The second-order valence-electron chi connectivity index (χ2n) is 7.39. The van der Waals surface area contributed by atoms with E-state index < -0.39 is 0 Å². The summed E-state index contributed by atoms with van der Waals surface area (Å²) in [4.78, 5) is 6.97. The number of likely N-dealkylation sites (tertiary alicyclic amines) is 1. The zero-order valence-electron chi connectivity index (χ0n) is 14.9. The average Bonchev–Trinajstić information content (AvgIpc) is 3.18. The van der Waals surface area contributed by atoms with Gasteiger partial charge in [0.15, 0.2) is 0 Å². The van der Waals surface area contributed by atoms with Gasteiger partial charge in [0.05, 0.1) is 25.9 Å². The zero-order valence-corrected chi connectivity index (χ0v) is 14.9. The number of aliphatic hydroxyl groups excluding tert-OH is 1. The Bertz CT molecular complexity index is 719. The van der Waals surface area contributed by atoms with E-state index in [2.05, 4.69) is 45.8 Å². The van der Waals surface area contributed by atoms with Crippen molar-refractivity contribution in [2.75, 3.05) is 26.3 Å². The van der Waals surface area contributed by atoms with E-state index in [9.17, 15) is 0 Å². The maximum atomic E-state index is 9.12. The molecule has 0 amide bonds. The van der Waals surface area contributed by atoms with Crippen LogP contribution in [0.4, 0.5) is 0 Å². The summed E-state index contributed by atoms with van der Waals surface area (Å²) >= 11 is 0. The van der Waals surface area contributed by atoms with Gasteiger partial charge in [0.2, 0.25) is 0 Å². The number of benzene rings is 1. The largest absolute Gasteiger partial charge is 0.394 e. The summed E-state index contributed by atoms with van der Waals surface area (Å²) in [5.41, 5.74) is 3.03. The number of hydrogen-bond donors (Lipinski definition) is 1. The Morgan fingerprint density at radius 3 is 2.80 bits per heavy atom. The van der Waals surface area contributed by atoms with Crippen molar-refractivity contribution in [3.8, 4) is 0 Å². The highest BCUT2D eigenvalue weighted by molar-refractivity contribution is 5.42. The minimum atomic E-state index is 0.0864. The molecule has 25 heavy (non-hydrogen) atoms. The van der Waals surface area contributed by atoms with Gasteiger partial charge < -0.3 is 14.4 Å². The summed E-state index contributed by atoms with van der Waals surface area (Å²) in [5.74, 6) is 1.13. The number of hydrogen-bond acceptors (Lipinski definition) is 4. The Kier molecular flexibility index (Phi) is 4.63. The van der Waals surface area contributed by atoms with Gasteiger partial charge in [-0.1, -0.05) is 24.3 Å². The van der Waals surface area contributed by atoms with Gasteiger partial charge in [-0.15, -0.1) is 0 Å². The van der Waals surface area contributed by atoms with Gasteiger partial charge in [-0.05, 0) is 43.5 Å². The van der Waals surface area contributed by atoms with Crippen LogP contribution in [0.2, 0.25) is 0 Å². The first-order valence-electron chi connectivity index (χ1n) is 9.22.